The molecule has 2 N–H and O–H groups in total. The number of rotatable bonds is 4. The molecule has 1 aromatic heterocycles. The third-order valence-corrected chi connectivity index (χ3v) is 4.10. The Balaban J connectivity index is 1.78. The number of hydrogen-bond acceptors (Lipinski definition) is 4. The van der Waals surface area contributed by atoms with Gasteiger partial charge in [-0.1, -0.05) is 19.1 Å². The molecule has 0 saturated heterocycles. The Hall–Kier alpha value is -0.940. The molecule has 1 aliphatic carbocycles. The first-order valence-electron chi connectivity index (χ1n) is 6.67. The van der Waals surface area contributed by atoms with Crippen LogP contribution in [0.4, 0.5) is 0 Å². The second-order valence-electron chi connectivity index (χ2n) is 6.34. The van der Waals surface area contributed by atoms with Crippen LogP contribution in [0.15, 0.2) is 6.20 Å². The fourth-order valence-corrected chi connectivity index (χ4v) is 2.46. The molecular weight excluding hydrogens is 228 g/mol. The van der Waals surface area contributed by atoms with Gasteiger partial charge in [-0.2, -0.15) is 0 Å². The first kappa shape index (κ1) is 13.5. The molecule has 0 aromatic carbocycles. The lowest BCUT2D eigenvalue weighted by atomic mass is 9.71. The van der Waals surface area contributed by atoms with Gasteiger partial charge in [0.15, 0.2) is 0 Å². The summed E-state index contributed by atoms with van der Waals surface area (Å²) in [6.07, 6.45) is 5.71. The van der Waals surface area contributed by atoms with Gasteiger partial charge in [0.25, 0.3) is 0 Å². The highest BCUT2D eigenvalue weighted by molar-refractivity contribution is 4.95. The van der Waals surface area contributed by atoms with E-state index in [0.717, 1.165) is 31.4 Å². The van der Waals surface area contributed by atoms with Crippen LogP contribution in [0, 0.1) is 5.41 Å². The van der Waals surface area contributed by atoms with Crippen LogP contribution >= 0.6 is 0 Å². The van der Waals surface area contributed by atoms with E-state index in [2.05, 4.69) is 29.5 Å². The zero-order chi connectivity index (χ0) is 13.2. The van der Waals surface area contributed by atoms with E-state index < -0.39 is 5.60 Å². The second-order valence-corrected chi connectivity index (χ2v) is 6.34. The number of aliphatic hydroxyl groups is 1. The number of nitrogens with zero attached hydrogens (tertiary/aromatic N) is 3. The Labute approximate surface area is 109 Å². The van der Waals surface area contributed by atoms with Crippen molar-refractivity contribution in [2.75, 3.05) is 6.54 Å². The molecule has 0 spiro atoms. The Morgan fingerprint density at radius 2 is 2.00 bits per heavy atom. The highest BCUT2D eigenvalue weighted by Gasteiger charge is 2.36. The van der Waals surface area contributed by atoms with Crippen molar-refractivity contribution in [2.45, 2.75) is 51.7 Å². The molecule has 0 unspecified atom stereocenters. The SMILES string of the molecule is Cn1nncc1CNCC1(O)CCC(C)(C)CC1. The molecule has 5 nitrogen and oxygen atoms in total. The molecule has 0 radical (unpaired) electrons. The van der Waals surface area contributed by atoms with E-state index in [-0.39, 0.29) is 0 Å². The summed E-state index contributed by atoms with van der Waals surface area (Å²) in [5, 5.41) is 21.5. The maximum atomic E-state index is 10.5. The Bertz CT molecular complexity index is 389. The van der Waals surface area contributed by atoms with Gasteiger partial charge in [-0.3, -0.25) is 4.68 Å². The van der Waals surface area contributed by atoms with Crippen LogP contribution in [-0.4, -0.2) is 32.2 Å². The molecule has 2 rings (SSSR count). The van der Waals surface area contributed by atoms with Crippen molar-refractivity contribution in [3.63, 3.8) is 0 Å². The van der Waals surface area contributed by atoms with Crippen LogP contribution in [0.25, 0.3) is 0 Å². The minimum absolute atomic E-state index is 0.387. The van der Waals surface area contributed by atoms with Gasteiger partial charge < -0.3 is 10.4 Å². The molecule has 1 saturated carbocycles. The molecule has 1 fully saturated rings. The van der Waals surface area contributed by atoms with Gasteiger partial charge in [0.1, 0.15) is 0 Å². The molecule has 0 aliphatic heterocycles. The summed E-state index contributed by atoms with van der Waals surface area (Å²) in [6, 6.07) is 0. The standard InChI is InChI=1S/C13H24N4O/c1-12(2)4-6-13(18,7-5-12)10-14-8-11-9-15-16-17(11)3/h9,14,18H,4-8,10H2,1-3H3. The zero-order valence-corrected chi connectivity index (χ0v) is 11.6. The van der Waals surface area contributed by atoms with Crippen molar-refractivity contribution in [3.8, 4) is 0 Å². The van der Waals surface area contributed by atoms with Crippen molar-refractivity contribution >= 4 is 0 Å². The molecule has 0 amide bonds. The van der Waals surface area contributed by atoms with Crippen LogP contribution in [0.3, 0.4) is 0 Å². The third kappa shape index (κ3) is 3.29. The van der Waals surface area contributed by atoms with Crippen LogP contribution in [0.5, 0.6) is 0 Å². The van der Waals surface area contributed by atoms with E-state index in [0.29, 0.717) is 18.5 Å². The molecule has 18 heavy (non-hydrogen) atoms. The minimum atomic E-state index is -0.540. The Morgan fingerprint density at radius 3 is 2.56 bits per heavy atom. The molecule has 1 aromatic rings. The largest absolute Gasteiger partial charge is 0.389 e. The fraction of sp³-hybridized carbons (Fsp3) is 0.846. The van der Waals surface area contributed by atoms with Gasteiger partial charge in [0, 0.05) is 20.1 Å². The zero-order valence-electron chi connectivity index (χ0n) is 11.6. The molecule has 1 aliphatic rings. The molecule has 1 heterocycles. The first-order valence-corrected chi connectivity index (χ1v) is 6.67. The number of nitrogens with one attached hydrogen (secondary N) is 1. The van der Waals surface area contributed by atoms with E-state index in [9.17, 15) is 5.11 Å². The topological polar surface area (TPSA) is 63.0 Å². The van der Waals surface area contributed by atoms with E-state index in [1.54, 1.807) is 10.9 Å². The number of aryl methyl sites for hydroxylation is 1. The minimum Gasteiger partial charge on any atom is -0.389 e. The summed E-state index contributed by atoms with van der Waals surface area (Å²) in [7, 11) is 1.88. The van der Waals surface area contributed by atoms with Gasteiger partial charge in [-0.15, -0.1) is 5.10 Å². The predicted octanol–water partition coefficient (Wildman–Crippen LogP) is 1.24. The van der Waals surface area contributed by atoms with Crippen molar-refractivity contribution in [1.82, 2.24) is 20.3 Å². The van der Waals surface area contributed by atoms with Crippen molar-refractivity contribution in [3.05, 3.63) is 11.9 Å². The maximum Gasteiger partial charge on any atom is 0.0772 e. The average Bonchev–Trinajstić information content (AvgIpc) is 2.70. The van der Waals surface area contributed by atoms with Crippen LogP contribution in [-0.2, 0) is 13.6 Å². The van der Waals surface area contributed by atoms with Crippen molar-refractivity contribution in [2.24, 2.45) is 12.5 Å². The summed E-state index contributed by atoms with van der Waals surface area (Å²) in [4.78, 5) is 0. The van der Waals surface area contributed by atoms with E-state index in [1.165, 1.54) is 0 Å². The van der Waals surface area contributed by atoms with Crippen LogP contribution in [0.2, 0.25) is 0 Å². The summed E-state index contributed by atoms with van der Waals surface area (Å²) in [5.41, 5.74) is 0.884. The Morgan fingerprint density at radius 1 is 1.33 bits per heavy atom. The van der Waals surface area contributed by atoms with Gasteiger partial charge in [-0.25, -0.2) is 0 Å². The van der Waals surface area contributed by atoms with E-state index in [4.69, 9.17) is 0 Å². The van der Waals surface area contributed by atoms with Gasteiger partial charge in [0.05, 0.1) is 17.5 Å². The molecule has 0 atom stereocenters. The summed E-state index contributed by atoms with van der Waals surface area (Å²) >= 11 is 0. The normalized spacial score (nSPS) is 22.0. The molecule has 5 heteroatoms. The fourth-order valence-electron chi connectivity index (χ4n) is 2.46. The van der Waals surface area contributed by atoms with Crippen molar-refractivity contribution in [1.29, 1.82) is 0 Å². The van der Waals surface area contributed by atoms with Crippen LogP contribution in [0.1, 0.15) is 45.2 Å². The van der Waals surface area contributed by atoms with Gasteiger partial charge >= 0.3 is 0 Å². The lowest BCUT2D eigenvalue weighted by Gasteiger charge is -2.40. The van der Waals surface area contributed by atoms with Gasteiger partial charge in [0.2, 0.25) is 0 Å². The number of aromatic nitrogens is 3. The highest BCUT2D eigenvalue weighted by atomic mass is 16.3. The van der Waals surface area contributed by atoms with Gasteiger partial charge in [-0.05, 0) is 31.1 Å². The smallest absolute Gasteiger partial charge is 0.0772 e. The monoisotopic (exact) mass is 252 g/mol. The summed E-state index contributed by atoms with van der Waals surface area (Å²) in [5.74, 6) is 0. The van der Waals surface area contributed by atoms with E-state index in [1.807, 2.05) is 7.05 Å². The molecular formula is C13H24N4O. The quantitative estimate of drug-likeness (QED) is 0.846. The molecule has 102 valence electrons. The molecule has 0 bridgehead atoms. The maximum absolute atomic E-state index is 10.5. The number of hydrogen-bond donors (Lipinski definition) is 2. The lowest BCUT2D eigenvalue weighted by Crippen LogP contribution is -2.45. The van der Waals surface area contributed by atoms with Crippen molar-refractivity contribution < 1.29 is 5.11 Å². The second kappa shape index (κ2) is 4.97. The summed E-state index contributed by atoms with van der Waals surface area (Å²) < 4.78 is 1.75. The third-order valence-electron chi connectivity index (χ3n) is 4.10. The first-order chi connectivity index (χ1) is 8.40. The van der Waals surface area contributed by atoms with E-state index >= 15 is 0 Å². The average molecular weight is 252 g/mol. The van der Waals surface area contributed by atoms with Crippen LogP contribution < -0.4 is 5.32 Å². The summed E-state index contributed by atoms with van der Waals surface area (Å²) in [6.45, 7) is 5.91. The lowest BCUT2D eigenvalue weighted by molar-refractivity contribution is -0.0245. The Kier molecular flexibility index (Phi) is 3.73. The predicted molar refractivity (Wildman–Crippen MR) is 69.9 cm³/mol. The highest BCUT2D eigenvalue weighted by Crippen LogP contribution is 2.39.